The molecule has 0 spiro atoms. The molecule has 2 N–H and O–H groups in total. The number of carboxylic acid groups (broad SMARTS) is 2. The van der Waals surface area contributed by atoms with E-state index in [0.29, 0.717) is 0 Å². The summed E-state index contributed by atoms with van der Waals surface area (Å²) in [6.45, 7) is 0. The van der Waals surface area contributed by atoms with Crippen LogP contribution in [0.1, 0.15) is 20.7 Å². The Balaban J connectivity index is 0.00000341. The number of carbonyl (C=O) groups is 2. The Morgan fingerprint density at radius 2 is 1.13 bits per heavy atom. The second kappa shape index (κ2) is 9.94. The van der Waals surface area contributed by atoms with Gasteiger partial charge >= 0.3 is 41.5 Å². The second-order valence-corrected chi connectivity index (χ2v) is 7.27. The summed E-state index contributed by atoms with van der Waals surface area (Å²) >= 11 is 0. The molecule has 0 fully saturated rings. The Labute approximate surface area is 198 Å². The fourth-order valence-electron chi connectivity index (χ4n) is 2.43. The molecule has 154 valence electrons. The molecule has 0 atom stereocenters. The minimum Gasteiger partial charge on any atom is -0.744 e. The van der Waals surface area contributed by atoms with E-state index in [9.17, 15) is 22.6 Å². The van der Waals surface area contributed by atoms with E-state index < -0.39 is 27.0 Å². The number of hydrogen-bond donors (Lipinski definition) is 2. The minimum atomic E-state index is -4.93. The van der Waals surface area contributed by atoms with E-state index in [0.717, 1.165) is 6.07 Å². The summed E-state index contributed by atoms with van der Waals surface area (Å²) < 4.78 is 45.9. The molecule has 31 heavy (non-hydrogen) atoms. The van der Waals surface area contributed by atoms with Gasteiger partial charge in [0.2, 0.25) is 0 Å². The van der Waals surface area contributed by atoms with Crippen LogP contribution in [0, 0.1) is 0 Å². The molecule has 0 aliphatic carbocycles. The molecule has 11 heteroatoms. The molecule has 9 nitrogen and oxygen atoms in total. The van der Waals surface area contributed by atoms with Crippen molar-refractivity contribution in [2.45, 2.75) is 4.90 Å². The van der Waals surface area contributed by atoms with E-state index in [-0.39, 0.29) is 63.7 Å². The number of aromatic carboxylic acids is 2. The molecule has 0 bridgehead atoms. The van der Waals surface area contributed by atoms with Crippen LogP contribution in [-0.2, 0) is 10.1 Å². The third kappa shape index (κ3) is 6.29. The number of carboxylic acids is 2. The molecular formula is C20H13NaO9S. The predicted octanol–water partition coefficient (Wildman–Crippen LogP) is 0.576. The van der Waals surface area contributed by atoms with Gasteiger partial charge in [0.05, 0.1) is 11.1 Å². The Morgan fingerprint density at radius 1 is 0.710 bits per heavy atom. The van der Waals surface area contributed by atoms with Crippen molar-refractivity contribution in [2.75, 3.05) is 0 Å². The van der Waals surface area contributed by atoms with Crippen LogP contribution in [0.4, 0.5) is 0 Å². The fraction of sp³-hybridized carbons (Fsp3) is 0. The van der Waals surface area contributed by atoms with Crippen LogP contribution in [0.15, 0.2) is 71.6 Å². The van der Waals surface area contributed by atoms with Gasteiger partial charge in [0.15, 0.2) is 0 Å². The Morgan fingerprint density at radius 3 is 1.55 bits per heavy atom. The van der Waals surface area contributed by atoms with Crippen LogP contribution in [0.2, 0.25) is 0 Å². The van der Waals surface area contributed by atoms with Crippen LogP contribution >= 0.6 is 0 Å². The second-order valence-electron chi connectivity index (χ2n) is 5.93. The minimum absolute atomic E-state index is 0. The summed E-state index contributed by atoms with van der Waals surface area (Å²) in [6, 6.07) is 14.1. The van der Waals surface area contributed by atoms with Crippen molar-refractivity contribution in [1.29, 1.82) is 0 Å². The van der Waals surface area contributed by atoms with Crippen molar-refractivity contribution in [2.24, 2.45) is 0 Å². The molecule has 0 aliphatic rings. The average Bonchev–Trinajstić information content (AvgIpc) is 2.69. The molecular weight excluding hydrogens is 439 g/mol. The summed E-state index contributed by atoms with van der Waals surface area (Å²) in [6.07, 6.45) is 0. The predicted molar refractivity (Wildman–Crippen MR) is 101 cm³/mol. The molecule has 3 aromatic rings. The third-order valence-corrected chi connectivity index (χ3v) is 4.71. The molecule has 0 unspecified atom stereocenters. The SMILES string of the molecule is O=C(O)c1ccc(Oc2ccc(Oc3ccc(C(=O)O)cc3)c(S(=O)(=O)[O-])c2)cc1.[Na+]. The quantitative estimate of drug-likeness (QED) is 0.387. The van der Waals surface area contributed by atoms with Gasteiger partial charge in [-0.2, -0.15) is 0 Å². The smallest absolute Gasteiger partial charge is 0.744 e. The van der Waals surface area contributed by atoms with Gasteiger partial charge in [0.25, 0.3) is 0 Å². The summed E-state index contributed by atoms with van der Waals surface area (Å²) in [5.74, 6) is -2.14. The van der Waals surface area contributed by atoms with E-state index in [1.54, 1.807) is 0 Å². The van der Waals surface area contributed by atoms with Crippen molar-refractivity contribution in [3.8, 4) is 23.0 Å². The van der Waals surface area contributed by atoms with Gasteiger partial charge in [-0.05, 0) is 60.7 Å². The maximum absolute atomic E-state index is 11.7. The first kappa shape index (κ1) is 24.4. The molecule has 0 amide bonds. The van der Waals surface area contributed by atoms with Gasteiger partial charge in [0.1, 0.15) is 38.0 Å². The first-order valence-electron chi connectivity index (χ1n) is 8.26. The normalized spacial score (nSPS) is 10.6. The summed E-state index contributed by atoms with van der Waals surface area (Å²) in [5.41, 5.74) is 0.0551. The van der Waals surface area contributed by atoms with E-state index in [1.807, 2.05) is 0 Å². The van der Waals surface area contributed by atoms with E-state index in [4.69, 9.17) is 19.7 Å². The molecule has 0 radical (unpaired) electrons. The molecule has 0 heterocycles. The zero-order chi connectivity index (χ0) is 21.9. The van der Waals surface area contributed by atoms with Crippen LogP contribution < -0.4 is 39.0 Å². The van der Waals surface area contributed by atoms with Crippen LogP contribution in [0.5, 0.6) is 23.0 Å². The van der Waals surface area contributed by atoms with Gasteiger partial charge < -0.3 is 24.2 Å². The Hall–Kier alpha value is -2.89. The summed E-state index contributed by atoms with van der Waals surface area (Å²) in [4.78, 5) is 21.1. The Kier molecular flexibility index (Phi) is 7.82. The number of hydrogen-bond acceptors (Lipinski definition) is 7. The maximum atomic E-state index is 11.7. The first-order valence-corrected chi connectivity index (χ1v) is 9.67. The Bertz CT molecular complexity index is 1200. The molecule has 0 aromatic heterocycles. The molecule has 0 aliphatic heterocycles. The first-order chi connectivity index (χ1) is 14.1. The van der Waals surface area contributed by atoms with Crippen molar-refractivity contribution in [1.82, 2.24) is 0 Å². The van der Waals surface area contributed by atoms with Crippen molar-refractivity contribution in [3.63, 3.8) is 0 Å². The summed E-state index contributed by atoms with van der Waals surface area (Å²) in [7, 11) is -4.93. The van der Waals surface area contributed by atoms with E-state index in [1.165, 1.54) is 60.7 Å². The van der Waals surface area contributed by atoms with E-state index in [2.05, 4.69) is 0 Å². The van der Waals surface area contributed by atoms with Gasteiger partial charge in [-0.15, -0.1) is 0 Å². The van der Waals surface area contributed by atoms with Crippen molar-refractivity contribution in [3.05, 3.63) is 77.9 Å². The van der Waals surface area contributed by atoms with E-state index >= 15 is 0 Å². The summed E-state index contributed by atoms with van der Waals surface area (Å²) in [5, 5.41) is 17.8. The van der Waals surface area contributed by atoms with Gasteiger partial charge in [-0.3, -0.25) is 0 Å². The van der Waals surface area contributed by atoms with Gasteiger partial charge in [0, 0.05) is 6.07 Å². The van der Waals surface area contributed by atoms with Gasteiger partial charge in [-0.25, -0.2) is 18.0 Å². The van der Waals surface area contributed by atoms with Crippen molar-refractivity contribution >= 4 is 22.1 Å². The largest absolute Gasteiger partial charge is 1.00 e. The molecule has 3 aromatic carbocycles. The van der Waals surface area contributed by atoms with Crippen molar-refractivity contribution < 1.29 is 71.8 Å². The zero-order valence-electron chi connectivity index (χ0n) is 16.0. The van der Waals surface area contributed by atoms with Crippen LogP contribution in [-0.4, -0.2) is 35.1 Å². The number of ether oxygens (including phenoxy) is 2. The standard InChI is InChI=1S/C20H14O9S.Na/c21-19(22)12-1-5-14(6-2-12)28-16-9-10-17(18(11-16)30(25,26)27)29-15-7-3-13(4-8-15)20(23)24;/h1-11H,(H,21,22)(H,23,24)(H,25,26,27);/q;+1/p-1. The van der Waals surface area contributed by atoms with Crippen LogP contribution in [0.3, 0.4) is 0 Å². The third-order valence-electron chi connectivity index (χ3n) is 3.85. The average molecular weight is 452 g/mol. The molecule has 0 saturated carbocycles. The van der Waals surface area contributed by atoms with Gasteiger partial charge in [-0.1, -0.05) is 0 Å². The topological polar surface area (TPSA) is 150 Å². The molecule has 0 saturated heterocycles. The number of rotatable bonds is 7. The fourth-order valence-corrected chi connectivity index (χ4v) is 3.04. The zero-order valence-corrected chi connectivity index (χ0v) is 18.8. The molecule has 3 rings (SSSR count). The van der Waals surface area contributed by atoms with Crippen LogP contribution in [0.25, 0.3) is 0 Å². The number of benzene rings is 3. The maximum Gasteiger partial charge on any atom is 1.00 e. The monoisotopic (exact) mass is 452 g/mol.